The van der Waals surface area contributed by atoms with E-state index in [4.69, 9.17) is 16.7 Å². The molecular formula is C15H16ClNO3. The molecule has 1 aromatic carbocycles. The van der Waals surface area contributed by atoms with Gasteiger partial charge in [-0.05, 0) is 30.2 Å². The fourth-order valence-electron chi connectivity index (χ4n) is 2.11. The quantitative estimate of drug-likeness (QED) is 0.868. The molecule has 4 nitrogen and oxygen atoms in total. The van der Waals surface area contributed by atoms with Crippen LogP contribution in [0, 0.1) is 12.8 Å². The van der Waals surface area contributed by atoms with Crippen LogP contribution < -0.4 is 0 Å². The number of likely N-dealkylation sites (tertiary alicyclic amines) is 1. The highest BCUT2D eigenvalue weighted by Gasteiger charge is 2.30. The van der Waals surface area contributed by atoms with Gasteiger partial charge in [0.15, 0.2) is 0 Å². The monoisotopic (exact) mass is 293 g/mol. The Morgan fingerprint density at radius 1 is 1.45 bits per heavy atom. The standard InChI is InChI=1S/C15H16ClNO3/c1-10-2-3-11(6-13(10)16)4-5-14(18)17-8-12(9-17)7-15(19)20/h2-6,12H,7-9H2,1H3,(H,19,20). The summed E-state index contributed by atoms with van der Waals surface area (Å²) < 4.78 is 0. The van der Waals surface area contributed by atoms with Gasteiger partial charge in [0.1, 0.15) is 0 Å². The summed E-state index contributed by atoms with van der Waals surface area (Å²) in [5, 5.41) is 9.32. The highest BCUT2D eigenvalue weighted by Crippen LogP contribution is 2.20. The molecule has 5 heteroatoms. The van der Waals surface area contributed by atoms with E-state index in [1.165, 1.54) is 6.08 Å². The number of benzene rings is 1. The topological polar surface area (TPSA) is 57.6 Å². The number of carboxylic acid groups (broad SMARTS) is 1. The summed E-state index contributed by atoms with van der Waals surface area (Å²) in [4.78, 5) is 24.0. The van der Waals surface area contributed by atoms with Gasteiger partial charge < -0.3 is 10.0 Å². The highest BCUT2D eigenvalue weighted by molar-refractivity contribution is 6.31. The molecule has 106 valence electrons. The Hall–Kier alpha value is -1.81. The van der Waals surface area contributed by atoms with Crippen LogP contribution in [0.3, 0.4) is 0 Å². The minimum absolute atomic E-state index is 0.0821. The van der Waals surface area contributed by atoms with Crippen molar-refractivity contribution in [2.24, 2.45) is 5.92 Å². The molecule has 0 unspecified atom stereocenters. The molecular weight excluding hydrogens is 278 g/mol. The number of carbonyl (C=O) groups excluding carboxylic acids is 1. The molecule has 0 aromatic heterocycles. The lowest BCUT2D eigenvalue weighted by atomic mass is 9.96. The first kappa shape index (κ1) is 14.6. The Balaban J connectivity index is 1.87. The van der Waals surface area contributed by atoms with Crippen LogP contribution in [0.4, 0.5) is 0 Å². The van der Waals surface area contributed by atoms with Gasteiger partial charge in [-0.2, -0.15) is 0 Å². The maximum atomic E-state index is 11.8. The van der Waals surface area contributed by atoms with Crippen molar-refractivity contribution in [3.05, 3.63) is 40.4 Å². The Kier molecular flexibility index (Phi) is 4.45. The van der Waals surface area contributed by atoms with E-state index in [2.05, 4.69) is 0 Å². The number of amides is 1. The zero-order valence-electron chi connectivity index (χ0n) is 11.2. The third kappa shape index (κ3) is 3.61. The summed E-state index contributed by atoms with van der Waals surface area (Å²) in [5.74, 6) is -0.825. The van der Waals surface area contributed by atoms with Crippen molar-refractivity contribution in [3.8, 4) is 0 Å². The zero-order valence-corrected chi connectivity index (χ0v) is 11.9. The molecule has 0 aliphatic carbocycles. The number of hydrogen-bond donors (Lipinski definition) is 1. The summed E-state index contributed by atoms with van der Waals surface area (Å²) in [6.07, 6.45) is 3.34. The third-order valence-electron chi connectivity index (χ3n) is 3.35. The van der Waals surface area contributed by atoms with Crippen molar-refractivity contribution in [1.29, 1.82) is 0 Å². The lowest BCUT2D eigenvalue weighted by Crippen LogP contribution is -2.49. The number of rotatable bonds is 4. The number of carbonyl (C=O) groups is 2. The van der Waals surface area contributed by atoms with Crippen molar-refractivity contribution >= 4 is 29.6 Å². The Morgan fingerprint density at radius 3 is 2.75 bits per heavy atom. The van der Waals surface area contributed by atoms with Gasteiger partial charge in [-0.15, -0.1) is 0 Å². The van der Waals surface area contributed by atoms with Crippen molar-refractivity contribution in [3.63, 3.8) is 0 Å². The lowest BCUT2D eigenvalue weighted by molar-refractivity contribution is -0.143. The van der Waals surface area contributed by atoms with Crippen molar-refractivity contribution < 1.29 is 14.7 Å². The molecule has 0 radical (unpaired) electrons. The molecule has 1 fully saturated rings. The van der Waals surface area contributed by atoms with Crippen molar-refractivity contribution in [2.75, 3.05) is 13.1 Å². The fraction of sp³-hybridized carbons (Fsp3) is 0.333. The molecule has 0 saturated carbocycles. The smallest absolute Gasteiger partial charge is 0.303 e. The van der Waals surface area contributed by atoms with E-state index in [0.717, 1.165) is 11.1 Å². The fourth-order valence-corrected chi connectivity index (χ4v) is 2.30. The molecule has 20 heavy (non-hydrogen) atoms. The second-order valence-corrected chi connectivity index (χ2v) is 5.46. The third-order valence-corrected chi connectivity index (χ3v) is 3.75. The molecule has 1 saturated heterocycles. The van der Waals surface area contributed by atoms with Gasteiger partial charge >= 0.3 is 5.97 Å². The number of hydrogen-bond acceptors (Lipinski definition) is 2. The molecule has 1 aromatic rings. The average Bonchev–Trinajstić information content (AvgIpc) is 2.34. The molecule has 0 atom stereocenters. The number of carboxylic acids is 1. The second kappa shape index (κ2) is 6.09. The minimum atomic E-state index is -0.813. The van der Waals surface area contributed by atoms with Gasteiger partial charge in [-0.3, -0.25) is 9.59 Å². The first-order valence-electron chi connectivity index (χ1n) is 6.40. The van der Waals surface area contributed by atoms with Crippen molar-refractivity contribution in [2.45, 2.75) is 13.3 Å². The summed E-state index contributed by atoms with van der Waals surface area (Å²) >= 11 is 6.01. The second-order valence-electron chi connectivity index (χ2n) is 5.05. The number of aliphatic carboxylic acids is 1. The van der Waals surface area contributed by atoms with E-state index >= 15 is 0 Å². The van der Waals surface area contributed by atoms with Crippen LogP contribution in [0.2, 0.25) is 5.02 Å². The van der Waals surface area contributed by atoms with Crippen LogP contribution in [0.1, 0.15) is 17.5 Å². The minimum Gasteiger partial charge on any atom is -0.481 e. The van der Waals surface area contributed by atoms with Crippen LogP contribution in [0.15, 0.2) is 24.3 Å². The summed E-state index contributed by atoms with van der Waals surface area (Å²) in [6.45, 7) is 2.96. The van der Waals surface area contributed by atoms with Crippen LogP contribution in [-0.4, -0.2) is 35.0 Å². The molecule has 0 spiro atoms. The zero-order chi connectivity index (χ0) is 14.7. The predicted octanol–water partition coefficient (Wildman–Crippen LogP) is 2.59. The first-order chi connectivity index (χ1) is 9.45. The molecule has 1 aliphatic rings. The van der Waals surface area contributed by atoms with Gasteiger partial charge in [-0.25, -0.2) is 0 Å². The Labute approximate surface area is 122 Å². The predicted molar refractivity (Wildman–Crippen MR) is 77.5 cm³/mol. The molecule has 1 amide bonds. The van der Waals surface area contributed by atoms with Crippen molar-refractivity contribution in [1.82, 2.24) is 4.90 Å². The van der Waals surface area contributed by atoms with Gasteiger partial charge in [0.2, 0.25) is 5.91 Å². The van der Waals surface area contributed by atoms with E-state index in [1.807, 2.05) is 25.1 Å². The van der Waals surface area contributed by atoms with Crippen LogP contribution in [-0.2, 0) is 9.59 Å². The largest absolute Gasteiger partial charge is 0.481 e. The number of halogens is 1. The average molecular weight is 294 g/mol. The van der Waals surface area contributed by atoms with E-state index in [-0.39, 0.29) is 18.2 Å². The Bertz CT molecular complexity index is 562. The summed E-state index contributed by atoms with van der Waals surface area (Å²) in [6, 6.07) is 5.61. The maximum absolute atomic E-state index is 11.8. The van der Waals surface area contributed by atoms with Gasteiger partial charge in [0.05, 0.1) is 6.42 Å². The SMILES string of the molecule is Cc1ccc(C=CC(=O)N2CC(CC(=O)O)C2)cc1Cl. The first-order valence-corrected chi connectivity index (χ1v) is 6.78. The van der Waals surface area contributed by atoms with Crippen LogP contribution in [0.25, 0.3) is 6.08 Å². The van der Waals surface area contributed by atoms with E-state index in [0.29, 0.717) is 18.1 Å². The number of nitrogens with zero attached hydrogens (tertiary/aromatic N) is 1. The maximum Gasteiger partial charge on any atom is 0.303 e. The molecule has 1 heterocycles. The van der Waals surface area contributed by atoms with E-state index < -0.39 is 5.97 Å². The summed E-state index contributed by atoms with van der Waals surface area (Å²) in [5.41, 5.74) is 1.87. The lowest BCUT2D eigenvalue weighted by Gasteiger charge is -2.37. The summed E-state index contributed by atoms with van der Waals surface area (Å²) in [7, 11) is 0. The molecule has 2 rings (SSSR count). The van der Waals surface area contributed by atoms with Gasteiger partial charge in [0, 0.05) is 30.1 Å². The Morgan fingerprint density at radius 2 is 2.15 bits per heavy atom. The molecule has 1 aliphatic heterocycles. The van der Waals surface area contributed by atoms with Crippen LogP contribution in [0.5, 0.6) is 0 Å². The molecule has 1 N–H and O–H groups in total. The van der Waals surface area contributed by atoms with E-state index in [9.17, 15) is 9.59 Å². The molecule has 0 bridgehead atoms. The van der Waals surface area contributed by atoms with Crippen LogP contribution >= 0.6 is 11.6 Å². The van der Waals surface area contributed by atoms with E-state index in [1.54, 1.807) is 11.0 Å². The number of aryl methyl sites for hydroxylation is 1. The van der Waals surface area contributed by atoms with Gasteiger partial charge in [0.25, 0.3) is 0 Å². The normalized spacial score (nSPS) is 15.4. The van der Waals surface area contributed by atoms with Gasteiger partial charge in [-0.1, -0.05) is 23.7 Å². The highest BCUT2D eigenvalue weighted by atomic mass is 35.5.